The van der Waals surface area contributed by atoms with Crippen LogP contribution in [0.3, 0.4) is 0 Å². The Labute approximate surface area is 387 Å². The van der Waals surface area contributed by atoms with Gasteiger partial charge in [-0.05, 0) is 51.5 Å². The summed E-state index contributed by atoms with van der Waals surface area (Å²) < 4.78 is 31.3. The van der Waals surface area contributed by atoms with Gasteiger partial charge in [0.15, 0.2) is 5.96 Å². The van der Waals surface area contributed by atoms with E-state index in [1.165, 1.54) is 7.11 Å². The number of alkyl carbamates (subject to hydrolysis) is 1. The summed E-state index contributed by atoms with van der Waals surface area (Å²) in [5, 5.41) is 8.03. The summed E-state index contributed by atoms with van der Waals surface area (Å²) in [5.41, 5.74) is 0.0316. The maximum Gasteiger partial charge on any atom is 0.407 e. The molecule has 3 rings (SSSR count). The molecule has 0 radical (unpaired) electrons. The fourth-order valence-electron chi connectivity index (χ4n) is 8.85. The number of carbonyl (C=O) groups is 5. The second-order valence-corrected chi connectivity index (χ2v) is 21.4. The molecule has 0 spiro atoms. The Morgan fingerprint density at radius 2 is 1.66 bits per heavy atom. The van der Waals surface area contributed by atoms with Crippen LogP contribution in [0.1, 0.15) is 86.1 Å². The van der Waals surface area contributed by atoms with E-state index in [2.05, 4.69) is 22.9 Å². The normalized spacial score (nSPS) is 21.4. The molecule has 10 atom stereocenters. The number of likely N-dealkylation sites (tertiary alicyclic amines) is 1. The molecule has 2 aliphatic heterocycles. The quantitative estimate of drug-likeness (QED) is 0.0968. The standard InChI is InChI=1S/C46H79N8O10P/c1-14-30(2)40(53(11)43(58)39-31(3)28-52(10)44(50-39)51(8)9)35(62-12)27-38(56)54-25-18-22-34(54)41(63-13)32(4)42(57)49-37(26-33-20-16-15-17-21-33)65(60,61)29-36(55)47-23-19-24-48-45(59)64-46(5,6)7/h15-17,20-21,30-32,34-35,37,39-41H,14,18-19,22-29H2,1-13H3,(H,47,55)(H,48,59)(H,49,57)(H,60,61)/t30-,31?,32+,34-,35?,37+,39-,40-,41?/m0/s1. The molecule has 1 aromatic rings. The van der Waals surface area contributed by atoms with Crippen molar-refractivity contribution in [3.63, 3.8) is 0 Å². The predicted molar refractivity (Wildman–Crippen MR) is 251 cm³/mol. The summed E-state index contributed by atoms with van der Waals surface area (Å²) in [4.78, 5) is 91.4. The molecule has 0 saturated carbocycles. The molecule has 4 N–H and O–H groups in total. The topological polar surface area (TPSA) is 212 Å². The Hall–Kier alpha value is -4.25. The van der Waals surface area contributed by atoms with E-state index in [-0.39, 0.29) is 49.6 Å². The largest absolute Gasteiger partial charge is 0.444 e. The van der Waals surface area contributed by atoms with Crippen LogP contribution in [0.25, 0.3) is 0 Å². The van der Waals surface area contributed by atoms with Gasteiger partial charge < -0.3 is 54.7 Å². The van der Waals surface area contributed by atoms with Gasteiger partial charge in [0.1, 0.15) is 23.6 Å². The third-order valence-corrected chi connectivity index (χ3v) is 14.4. The molecule has 4 unspecified atom stereocenters. The van der Waals surface area contributed by atoms with Crippen molar-refractivity contribution in [2.24, 2.45) is 22.7 Å². The first kappa shape index (κ1) is 55.1. The van der Waals surface area contributed by atoms with E-state index in [1.807, 2.05) is 50.9 Å². The maximum atomic E-state index is 14.4. The molecule has 2 aliphatic rings. The van der Waals surface area contributed by atoms with Crippen LogP contribution in [0.15, 0.2) is 35.3 Å². The van der Waals surface area contributed by atoms with E-state index in [1.54, 1.807) is 75.9 Å². The number of methoxy groups -OCH3 is 2. The van der Waals surface area contributed by atoms with Crippen LogP contribution < -0.4 is 16.0 Å². The van der Waals surface area contributed by atoms with Gasteiger partial charge >= 0.3 is 6.09 Å². The number of carbonyl (C=O) groups excluding carboxylic acids is 5. The first-order valence-corrected chi connectivity index (χ1v) is 24.8. The number of benzene rings is 1. The number of rotatable bonds is 22. The van der Waals surface area contributed by atoms with E-state index in [4.69, 9.17) is 19.2 Å². The molecule has 2 heterocycles. The highest BCUT2D eigenvalue weighted by Crippen LogP contribution is 2.46. The highest BCUT2D eigenvalue weighted by atomic mass is 31.2. The SMILES string of the molecule is CC[C@H](C)[C@@H](C(CC(=O)N1CCC[C@H]1C(OC)[C@@H](C)C(=O)N[C@@H](Cc1ccccc1)P(=O)(O)CC(=O)NCCCNC(=O)OC(C)(C)C)OC)N(C)C(=O)[C@H]1N=C(N(C)C)N(C)CC1C. The Morgan fingerprint density at radius 1 is 1.02 bits per heavy atom. The molecule has 368 valence electrons. The van der Waals surface area contributed by atoms with Crippen molar-refractivity contribution in [2.45, 2.75) is 129 Å². The molecule has 1 aromatic carbocycles. The first-order valence-electron chi connectivity index (χ1n) is 22.9. The molecular weight excluding hydrogens is 856 g/mol. The number of aliphatic imine (C=N–C) groups is 1. The predicted octanol–water partition coefficient (Wildman–Crippen LogP) is 3.76. The van der Waals surface area contributed by atoms with E-state index < -0.39 is 79.1 Å². The highest BCUT2D eigenvalue weighted by molar-refractivity contribution is 7.59. The van der Waals surface area contributed by atoms with E-state index in [0.29, 0.717) is 37.9 Å². The minimum absolute atomic E-state index is 0.0129. The molecule has 19 heteroatoms. The number of nitrogens with zero attached hydrogens (tertiary/aromatic N) is 5. The third-order valence-electron chi connectivity index (χ3n) is 12.4. The minimum Gasteiger partial charge on any atom is -0.444 e. The van der Waals surface area contributed by atoms with Crippen molar-refractivity contribution in [3.05, 3.63) is 35.9 Å². The lowest BCUT2D eigenvalue weighted by Crippen LogP contribution is -2.57. The zero-order valence-corrected chi connectivity index (χ0v) is 42.1. The molecule has 65 heavy (non-hydrogen) atoms. The summed E-state index contributed by atoms with van der Waals surface area (Å²) in [6.45, 7) is 14.5. The lowest BCUT2D eigenvalue weighted by atomic mass is 9.89. The molecule has 1 saturated heterocycles. The van der Waals surface area contributed by atoms with Crippen molar-refractivity contribution in [1.29, 1.82) is 0 Å². The van der Waals surface area contributed by atoms with Crippen LogP contribution in [0.4, 0.5) is 4.79 Å². The third kappa shape index (κ3) is 16.0. The monoisotopic (exact) mass is 935 g/mol. The molecule has 0 aromatic heterocycles. The highest BCUT2D eigenvalue weighted by Gasteiger charge is 2.44. The lowest BCUT2D eigenvalue weighted by Gasteiger charge is -2.42. The summed E-state index contributed by atoms with van der Waals surface area (Å²) in [6.07, 6.45) is -0.447. The maximum absolute atomic E-state index is 14.4. The number of guanidine groups is 1. The first-order chi connectivity index (χ1) is 30.5. The Balaban J connectivity index is 1.75. The summed E-state index contributed by atoms with van der Waals surface area (Å²) >= 11 is 0. The zero-order chi connectivity index (χ0) is 48.8. The fraction of sp³-hybridized carbons (Fsp3) is 0.739. The Bertz CT molecular complexity index is 1810. The number of likely N-dealkylation sites (N-methyl/N-ethyl adjacent to an activating group) is 1. The van der Waals surface area contributed by atoms with Gasteiger partial charge in [0.05, 0.1) is 36.6 Å². The van der Waals surface area contributed by atoms with Crippen LogP contribution in [-0.4, -0.2) is 177 Å². The van der Waals surface area contributed by atoms with Crippen molar-refractivity contribution in [3.8, 4) is 0 Å². The van der Waals surface area contributed by atoms with E-state index in [9.17, 15) is 33.4 Å². The average molecular weight is 935 g/mol. The number of ether oxygens (including phenoxy) is 3. The zero-order valence-electron chi connectivity index (χ0n) is 41.2. The molecular formula is C46H79N8O10P. The molecule has 1 fully saturated rings. The number of hydrogen-bond acceptors (Lipinski definition) is 12. The Kier molecular flexibility index (Phi) is 21.2. The van der Waals surface area contributed by atoms with Gasteiger partial charge in [0.25, 0.3) is 0 Å². The van der Waals surface area contributed by atoms with E-state index >= 15 is 0 Å². The van der Waals surface area contributed by atoms with Gasteiger partial charge in [0.2, 0.25) is 31.0 Å². The van der Waals surface area contributed by atoms with Gasteiger partial charge in [-0.25, -0.2) is 9.79 Å². The van der Waals surface area contributed by atoms with Crippen LogP contribution in [0.5, 0.6) is 0 Å². The van der Waals surface area contributed by atoms with Gasteiger partial charge in [-0.2, -0.15) is 0 Å². The van der Waals surface area contributed by atoms with Gasteiger partial charge in [-0.3, -0.25) is 23.7 Å². The molecule has 0 aliphatic carbocycles. The molecule has 0 bridgehead atoms. The van der Waals surface area contributed by atoms with Gasteiger partial charge in [-0.1, -0.05) is 64.4 Å². The van der Waals surface area contributed by atoms with Crippen molar-refractivity contribution >= 4 is 43.1 Å². The second-order valence-electron chi connectivity index (χ2n) is 19.0. The molecule has 5 amide bonds. The smallest absolute Gasteiger partial charge is 0.407 e. The summed E-state index contributed by atoms with van der Waals surface area (Å²) in [7, 11) is 6.19. The number of hydrogen-bond donors (Lipinski definition) is 4. The van der Waals surface area contributed by atoms with Crippen LogP contribution in [0, 0.1) is 17.8 Å². The number of nitrogens with one attached hydrogen (secondary N) is 3. The van der Waals surface area contributed by atoms with Crippen molar-refractivity contribution < 1.29 is 47.6 Å². The van der Waals surface area contributed by atoms with Crippen LogP contribution in [-0.2, 0) is 44.4 Å². The Morgan fingerprint density at radius 3 is 2.25 bits per heavy atom. The average Bonchev–Trinajstić information content (AvgIpc) is 3.72. The minimum atomic E-state index is -4.38. The van der Waals surface area contributed by atoms with Crippen molar-refractivity contribution in [2.75, 3.05) is 74.8 Å². The fourth-order valence-corrected chi connectivity index (χ4v) is 10.4. The van der Waals surface area contributed by atoms with Crippen molar-refractivity contribution in [1.82, 2.24) is 35.6 Å². The van der Waals surface area contributed by atoms with Crippen LogP contribution >= 0.6 is 7.37 Å². The molecule has 18 nitrogen and oxygen atoms in total. The number of amides is 5. The second kappa shape index (κ2) is 25.0. The van der Waals surface area contributed by atoms with E-state index in [0.717, 1.165) is 12.4 Å². The summed E-state index contributed by atoms with van der Waals surface area (Å²) in [5.74, 6) is -3.08. The van der Waals surface area contributed by atoms with Gasteiger partial charge in [0, 0.05) is 80.9 Å². The van der Waals surface area contributed by atoms with Gasteiger partial charge in [-0.15, -0.1) is 0 Å². The lowest BCUT2D eigenvalue weighted by molar-refractivity contribution is -0.146. The summed E-state index contributed by atoms with van der Waals surface area (Å²) in [6, 6.07) is 7.40. The van der Waals surface area contributed by atoms with Crippen LogP contribution in [0.2, 0.25) is 0 Å².